The number of amides is 1. The molecule has 1 saturated carbocycles. The predicted octanol–water partition coefficient (Wildman–Crippen LogP) is 0.269. The molecule has 5 heteroatoms. The first-order valence-corrected chi connectivity index (χ1v) is 5.66. The maximum absolute atomic E-state index is 11.8. The lowest BCUT2D eigenvalue weighted by atomic mass is 9.77. The summed E-state index contributed by atoms with van der Waals surface area (Å²) in [7, 11) is 0. The summed E-state index contributed by atoms with van der Waals surface area (Å²) in [6, 6.07) is 0.0720. The number of hydrogen-bond donors (Lipinski definition) is 2. The molecule has 1 heterocycles. The van der Waals surface area contributed by atoms with Gasteiger partial charge in [0.1, 0.15) is 0 Å². The molecule has 5 nitrogen and oxygen atoms in total. The molecule has 0 aromatic carbocycles. The van der Waals surface area contributed by atoms with Crippen molar-refractivity contribution in [1.29, 1.82) is 0 Å². The van der Waals surface area contributed by atoms with Crippen LogP contribution in [0.3, 0.4) is 0 Å². The highest BCUT2D eigenvalue weighted by atomic mass is 16.2. The number of rotatable bonds is 4. The molecule has 0 aliphatic heterocycles. The number of hydrogen-bond acceptors (Lipinski definition) is 3. The Morgan fingerprint density at radius 2 is 2.44 bits per heavy atom. The van der Waals surface area contributed by atoms with Crippen molar-refractivity contribution < 1.29 is 4.79 Å². The molecule has 2 rings (SSSR count). The highest BCUT2D eigenvalue weighted by Crippen LogP contribution is 2.29. The van der Waals surface area contributed by atoms with Gasteiger partial charge in [0.25, 0.3) is 0 Å². The first kappa shape index (κ1) is 11.1. The zero-order valence-corrected chi connectivity index (χ0v) is 9.52. The summed E-state index contributed by atoms with van der Waals surface area (Å²) in [4.78, 5) is 15.8. The molecule has 3 N–H and O–H groups in total. The van der Waals surface area contributed by atoms with Crippen molar-refractivity contribution in [1.82, 2.24) is 14.9 Å². The number of aromatic nitrogens is 2. The van der Waals surface area contributed by atoms with Gasteiger partial charge in [0, 0.05) is 25.0 Å². The van der Waals surface area contributed by atoms with E-state index in [1.807, 2.05) is 17.7 Å². The molecule has 1 atom stereocenters. The lowest BCUT2D eigenvalue weighted by molar-refractivity contribution is -0.129. The minimum atomic E-state index is -0.608. The minimum absolute atomic E-state index is 0.0219. The number of nitrogens with one attached hydrogen (secondary N) is 1. The number of carbonyl (C=O) groups is 1. The Kier molecular flexibility index (Phi) is 2.96. The Morgan fingerprint density at radius 3 is 2.94 bits per heavy atom. The van der Waals surface area contributed by atoms with Crippen LogP contribution in [0.15, 0.2) is 18.7 Å². The van der Waals surface area contributed by atoms with Crippen LogP contribution in [0.1, 0.15) is 26.2 Å². The van der Waals surface area contributed by atoms with Crippen LogP contribution in [-0.4, -0.2) is 27.0 Å². The van der Waals surface area contributed by atoms with Gasteiger partial charge in [-0.1, -0.05) is 0 Å². The van der Waals surface area contributed by atoms with Gasteiger partial charge < -0.3 is 15.6 Å². The summed E-state index contributed by atoms with van der Waals surface area (Å²) >= 11 is 0. The Balaban J connectivity index is 1.83. The van der Waals surface area contributed by atoms with Crippen LogP contribution in [0.2, 0.25) is 0 Å². The summed E-state index contributed by atoms with van der Waals surface area (Å²) < 4.78 is 1.94. The molecule has 88 valence electrons. The number of imidazole rings is 1. The van der Waals surface area contributed by atoms with Gasteiger partial charge in [-0.2, -0.15) is 0 Å². The highest BCUT2D eigenvalue weighted by molar-refractivity contribution is 5.87. The van der Waals surface area contributed by atoms with Gasteiger partial charge in [-0.25, -0.2) is 4.98 Å². The second-order valence-electron chi connectivity index (χ2n) is 4.64. The predicted molar refractivity (Wildman–Crippen MR) is 60.6 cm³/mol. The van der Waals surface area contributed by atoms with Gasteiger partial charge in [0.2, 0.25) is 5.91 Å². The maximum atomic E-state index is 11.8. The second kappa shape index (κ2) is 4.25. The maximum Gasteiger partial charge on any atom is 0.240 e. The van der Waals surface area contributed by atoms with Gasteiger partial charge in [-0.05, 0) is 26.2 Å². The smallest absolute Gasteiger partial charge is 0.240 e. The van der Waals surface area contributed by atoms with Crippen LogP contribution in [0, 0.1) is 0 Å². The lowest BCUT2D eigenvalue weighted by Gasteiger charge is -2.37. The van der Waals surface area contributed by atoms with Crippen molar-refractivity contribution in [2.24, 2.45) is 5.73 Å². The number of nitrogens with two attached hydrogens (primary N) is 1. The lowest BCUT2D eigenvalue weighted by Crippen LogP contribution is -2.60. The van der Waals surface area contributed by atoms with Crippen molar-refractivity contribution in [3.63, 3.8) is 0 Å². The van der Waals surface area contributed by atoms with E-state index in [1.165, 1.54) is 0 Å². The standard InChI is InChI=1S/C11H18N4O/c1-9(7-15-6-5-13-8-15)14-10(16)11(12)3-2-4-11/h5-6,8-9H,2-4,7,12H2,1H3,(H,14,16). The van der Waals surface area contributed by atoms with Crippen LogP contribution in [0.25, 0.3) is 0 Å². The van der Waals surface area contributed by atoms with Crippen molar-refractivity contribution in [2.45, 2.75) is 44.3 Å². The van der Waals surface area contributed by atoms with E-state index in [0.717, 1.165) is 25.8 Å². The minimum Gasteiger partial charge on any atom is -0.350 e. The van der Waals surface area contributed by atoms with Gasteiger partial charge >= 0.3 is 0 Å². The third kappa shape index (κ3) is 2.24. The van der Waals surface area contributed by atoms with Gasteiger partial charge in [0.05, 0.1) is 11.9 Å². The molecule has 1 aromatic rings. The van der Waals surface area contributed by atoms with Crippen LogP contribution < -0.4 is 11.1 Å². The SMILES string of the molecule is CC(Cn1ccnc1)NC(=O)C1(N)CCC1. The largest absolute Gasteiger partial charge is 0.350 e. The molecule has 1 fully saturated rings. The average Bonchev–Trinajstić information content (AvgIpc) is 2.66. The van der Waals surface area contributed by atoms with Crippen molar-refractivity contribution in [3.05, 3.63) is 18.7 Å². The van der Waals surface area contributed by atoms with E-state index < -0.39 is 5.54 Å². The molecule has 1 aliphatic rings. The molecular formula is C11H18N4O. The van der Waals surface area contributed by atoms with E-state index in [9.17, 15) is 4.79 Å². The molecule has 1 aromatic heterocycles. The van der Waals surface area contributed by atoms with Crippen molar-refractivity contribution in [2.75, 3.05) is 0 Å². The third-order valence-corrected chi connectivity index (χ3v) is 3.12. The van der Waals surface area contributed by atoms with Crippen molar-refractivity contribution in [3.8, 4) is 0 Å². The first-order chi connectivity index (χ1) is 7.60. The normalized spacial score (nSPS) is 19.9. The van der Waals surface area contributed by atoms with Crippen LogP contribution >= 0.6 is 0 Å². The van der Waals surface area contributed by atoms with E-state index in [1.54, 1.807) is 12.5 Å². The van der Waals surface area contributed by atoms with Crippen LogP contribution in [0.5, 0.6) is 0 Å². The molecule has 0 radical (unpaired) electrons. The molecule has 1 aliphatic carbocycles. The molecule has 0 bridgehead atoms. The number of carbonyl (C=O) groups excluding carboxylic acids is 1. The molecule has 16 heavy (non-hydrogen) atoms. The quantitative estimate of drug-likeness (QED) is 0.768. The summed E-state index contributed by atoms with van der Waals surface area (Å²) in [5.74, 6) is -0.0219. The topological polar surface area (TPSA) is 72.9 Å². The molecule has 0 spiro atoms. The fourth-order valence-electron chi connectivity index (χ4n) is 1.91. The zero-order chi connectivity index (χ0) is 11.6. The van der Waals surface area contributed by atoms with Crippen LogP contribution in [0.4, 0.5) is 0 Å². The molecule has 0 saturated heterocycles. The average molecular weight is 222 g/mol. The summed E-state index contributed by atoms with van der Waals surface area (Å²) in [5, 5.41) is 2.95. The second-order valence-corrected chi connectivity index (χ2v) is 4.64. The monoisotopic (exact) mass is 222 g/mol. The van der Waals surface area contributed by atoms with Crippen LogP contribution in [-0.2, 0) is 11.3 Å². The molecule has 1 unspecified atom stereocenters. The summed E-state index contributed by atoms with van der Waals surface area (Å²) in [6.07, 6.45) is 8.01. The van der Waals surface area contributed by atoms with E-state index in [0.29, 0.717) is 0 Å². The van der Waals surface area contributed by atoms with E-state index in [-0.39, 0.29) is 11.9 Å². The number of nitrogens with zero attached hydrogens (tertiary/aromatic N) is 2. The Morgan fingerprint density at radius 1 is 1.69 bits per heavy atom. The van der Waals surface area contributed by atoms with Crippen molar-refractivity contribution >= 4 is 5.91 Å². The van der Waals surface area contributed by atoms with Gasteiger partial charge in [-0.3, -0.25) is 4.79 Å². The molecule has 1 amide bonds. The Labute approximate surface area is 95.0 Å². The van der Waals surface area contributed by atoms with Gasteiger partial charge in [0.15, 0.2) is 0 Å². The van der Waals surface area contributed by atoms with E-state index >= 15 is 0 Å². The van der Waals surface area contributed by atoms with E-state index in [2.05, 4.69) is 10.3 Å². The zero-order valence-electron chi connectivity index (χ0n) is 9.52. The van der Waals surface area contributed by atoms with Gasteiger partial charge in [-0.15, -0.1) is 0 Å². The molecular weight excluding hydrogens is 204 g/mol. The first-order valence-electron chi connectivity index (χ1n) is 5.66. The fourth-order valence-corrected chi connectivity index (χ4v) is 1.91. The summed E-state index contributed by atoms with van der Waals surface area (Å²) in [5.41, 5.74) is 5.33. The highest BCUT2D eigenvalue weighted by Gasteiger charge is 2.40. The summed E-state index contributed by atoms with van der Waals surface area (Å²) in [6.45, 7) is 2.70. The Hall–Kier alpha value is -1.36. The van der Waals surface area contributed by atoms with E-state index in [4.69, 9.17) is 5.73 Å². The Bertz CT molecular complexity index is 356. The fraction of sp³-hybridized carbons (Fsp3) is 0.636. The third-order valence-electron chi connectivity index (χ3n) is 3.12.